The van der Waals surface area contributed by atoms with Crippen LogP contribution in [0.2, 0.25) is 0 Å². The number of aliphatic imine (C=N–C) groups is 1. The molecule has 3 aromatic rings. The SMILES string of the molecule is CCOc1cc(C=C2N=C(c3ccc(NC(C)=O)cc3)OC2=O)ccc1OCc1ccccc1. The van der Waals surface area contributed by atoms with E-state index in [0.717, 1.165) is 11.1 Å². The lowest BCUT2D eigenvalue weighted by Crippen LogP contribution is -2.07. The van der Waals surface area contributed by atoms with E-state index in [1.54, 1.807) is 36.4 Å². The van der Waals surface area contributed by atoms with Crippen LogP contribution in [0.4, 0.5) is 5.69 Å². The van der Waals surface area contributed by atoms with Crippen molar-refractivity contribution in [2.24, 2.45) is 4.99 Å². The van der Waals surface area contributed by atoms with E-state index in [2.05, 4.69) is 10.3 Å². The average molecular weight is 456 g/mol. The maximum atomic E-state index is 12.4. The summed E-state index contributed by atoms with van der Waals surface area (Å²) in [7, 11) is 0. The lowest BCUT2D eigenvalue weighted by Gasteiger charge is -2.12. The van der Waals surface area contributed by atoms with Gasteiger partial charge in [0.05, 0.1) is 6.61 Å². The normalized spacial score (nSPS) is 13.9. The van der Waals surface area contributed by atoms with Gasteiger partial charge in [-0.15, -0.1) is 0 Å². The summed E-state index contributed by atoms with van der Waals surface area (Å²) in [4.78, 5) is 27.9. The minimum atomic E-state index is -0.539. The van der Waals surface area contributed by atoms with E-state index >= 15 is 0 Å². The molecule has 0 atom stereocenters. The summed E-state index contributed by atoms with van der Waals surface area (Å²) < 4.78 is 17.0. The fraction of sp³-hybridized carbons (Fsp3) is 0.148. The maximum absolute atomic E-state index is 12.4. The third kappa shape index (κ3) is 5.69. The molecule has 1 N–H and O–H groups in total. The zero-order valence-corrected chi connectivity index (χ0v) is 18.9. The van der Waals surface area contributed by atoms with Gasteiger partial charge in [0.15, 0.2) is 17.2 Å². The molecule has 34 heavy (non-hydrogen) atoms. The van der Waals surface area contributed by atoms with Crippen LogP contribution in [0.15, 0.2) is 83.5 Å². The summed E-state index contributed by atoms with van der Waals surface area (Å²) in [6.45, 7) is 4.23. The molecule has 1 aliphatic rings. The molecule has 0 radical (unpaired) electrons. The lowest BCUT2D eigenvalue weighted by atomic mass is 10.1. The van der Waals surface area contributed by atoms with Crippen molar-refractivity contribution in [1.82, 2.24) is 0 Å². The maximum Gasteiger partial charge on any atom is 0.363 e. The first-order chi connectivity index (χ1) is 16.5. The molecule has 0 fully saturated rings. The zero-order chi connectivity index (χ0) is 23.9. The number of nitrogens with zero attached hydrogens (tertiary/aromatic N) is 1. The Balaban J connectivity index is 1.52. The Labute approximate surface area is 197 Å². The number of cyclic esters (lactones) is 1. The second-order valence-electron chi connectivity index (χ2n) is 7.51. The van der Waals surface area contributed by atoms with Gasteiger partial charge in [0, 0.05) is 18.2 Å². The predicted octanol–water partition coefficient (Wildman–Crippen LogP) is 4.97. The second kappa shape index (κ2) is 10.5. The molecule has 0 spiro atoms. The van der Waals surface area contributed by atoms with E-state index < -0.39 is 5.97 Å². The largest absolute Gasteiger partial charge is 0.490 e. The number of rotatable bonds is 8. The highest BCUT2D eigenvalue weighted by atomic mass is 16.6. The highest BCUT2D eigenvalue weighted by Gasteiger charge is 2.24. The van der Waals surface area contributed by atoms with Gasteiger partial charge in [-0.1, -0.05) is 36.4 Å². The first kappa shape index (κ1) is 22.8. The van der Waals surface area contributed by atoms with Crippen molar-refractivity contribution in [2.45, 2.75) is 20.5 Å². The van der Waals surface area contributed by atoms with Gasteiger partial charge in [-0.3, -0.25) is 4.79 Å². The van der Waals surface area contributed by atoms with E-state index in [1.807, 2.05) is 49.4 Å². The minimum absolute atomic E-state index is 0.162. The number of hydrogen-bond donors (Lipinski definition) is 1. The summed E-state index contributed by atoms with van der Waals surface area (Å²) in [5.74, 6) is 0.703. The van der Waals surface area contributed by atoms with Crippen LogP contribution in [0.1, 0.15) is 30.5 Å². The summed E-state index contributed by atoms with van der Waals surface area (Å²) in [6, 6.07) is 22.2. The van der Waals surface area contributed by atoms with Crippen LogP contribution in [-0.4, -0.2) is 24.4 Å². The smallest absolute Gasteiger partial charge is 0.363 e. The molecule has 1 aliphatic heterocycles. The minimum Gasteiger partial charge on any atom is -0.490 e. The molecule has 172 valence electrons. The Morgan fingerprint density at radius 3 is 2.47 bits per heavy atom. The molecule has 1 heterocycles. The van der Waals surface area contributed by atoms with Crippen LogP contribution in [0.3, 0.4) is 0 Å². The fourth-order valence-corrected chi connectivity index (χ4v) is 3.33. The van der Waals surface area contributed by atoms with Crippen LogP contribution in [-0.2, 0) is 20.9 Å². The van der Waals surface area contributed by atoms with Crippen LogP contribution in [0, 0.1) is 0 Å². The fourth-order valence-electron chi connectivity index (χ4n) is 3.33. The Hall–Kier alpha value is -4.39. The van der Waals surface area contributed by atoms with Gasteiger partial charge < -0.3 is 19.5 Å². The summed E-state index contributed by atoms with van der Waals surface area (Å²) in [5.41, 5.74) is 3.24. The number of esters is 1. The van der Waals surface area contributed by atoms with Crippen LogP contribution >= 0.6 is 0 Å². The molecule has 7 heteroatoms. The molecule has 0 saturated heterocycles. The van der Waals surface area contributed by atoms with E-state index in [9.17, 15) is 9.59 Å². The average Bonchev–Trinajstić information content (AvgIpc) is 3.19. The molecular weight excluding hydrogens is 432 g/mol. The molecule has 0 aromatic heterocycles. The standard InChI is InChI=1S/C27H24N2O5/c1-3-32-25-16-20(9-14-24(25)33-17-19-7-5-4-6-8-19)15-23-27(31)34-26(29-23)21-10-12-22(13-11-21)28-18(2)30/h4-16H,3,17H2,1-2H3,(H,28,30). The van der Waals surface area contributed by atoms with Crippen molar-refractivity contribution < 1.29 is 23.8 Å². The van der Waals surface area contributed by atoms with E-state index in [-0.39, 0.29) is 17.5 Å². The van der Waals surface area contributed by atoms with Gasteiger partial charge in [0.2, 0.25) is 11.8 Å². The Morgan fingerprint density at radius 1 is 1.00 bits per heavy atom. The molecule has 4 rings (SSSR count). The summed E-state index contributed by atoms with van der Waals surface area (Å²) in [6.07, 6.45) is 1.64. The second-order valence-corrected chi connectivity index (χ2v) is 7.51. The third-order valence-electron chi connectivity index (χ3n) is 4.88. The zero-order valence-electron chi connectivity index (χ0n) is 18.9. The van der Waals surface area contributed by atoms with Crippen molar-refractivity contribution >= 4 is 29.5 Å². The molecule has 7 nitrogen and oxygen atoms in total. The van der Waals surface area contributed by atoms with E-state index in [0.29, 0.717) is 36.0 Å². The van der Waals surface area contributed by atoms with Gasteiger partial charge in [-0.05, 0) is 60.5 Å². The van der Waals surface area contributed by atoms with Crippen LogP contribution in [0.25, 0.3) is 6.08 Å². The molecule has 0 unspecified atom stereocenters. The van der Waals surface area contributed by atoms with Crippen molar-refractivity contribution in [2.75, 3.05) is 11.9 Å². The molecule has 3 aromatic carbocycles. The first-order valence-corrected chi connectivity index (χ1v) is 10.9. The molecule has 1 amide bonds. The Kier molecular flexibility index (Phi) is 7.03. The van der Waals surface area contributed by atoms with Gasteiger partial charge in [-0.25, -0.2) is 9.79 Å². The van der Waals surface area contributed by atoms with E-state index in [1.165, 1.54) is 6.92 Å². The monoisotopic (exact) mass is 456 g/mol. The first-order valence-electron chi connectivity index (χ1n) is 10.9. The number of amides is 1. The van der Waals surface area contributed by atoms with Gasteiger partial charge in [0.1, 0.15) is 6.61 Å². The lowest BCUT2D eigenvalue weighted by molar-refractivity contribution is -0.129. The Morgan fingerprint density at radius 2 is 1.76 bits per heavy atom. The Bertz CT molecular complexity index is 1250. The van der Waals surface area contributed by atoms with Crippen LogP contribution < -0.4 is 14.8 Å². The number of carbonyl (C=O) groups excluding carboxylic acids is 2. The number of carbonyl (C=O) groups is 2. The van der Waals surface area contributed by atoms with Crippen molar-refractivity contribution in [3.05, 3.63) is 95.2 Å². The highest BCUT2D eigenvalue weighted by Crippen LogP contribution is 2.31. The quantitative estimate of drug-likeness (QED) is 0.382. The number of ether oxygens (including phenoxy) is 3. The van der Waals surface area contributed by atoms with Gasteiger partial charge >= 0.3 is 5.97 Å². The molecule has 0 aliphatic carbocycles. The third-order valence-corrected chi connectivity index (χ3v) is 4.88. The predicted molar refractivity (Wildman–Crippen MR) is 130 cm³/mol. The molecule has 0 bridgehead atoms. The number of benzene rings is 3. The summed E-state index contributed by atoms with van der Waals surface area (Å²) >= 11 is 0. The van der Waals surface area contributed by atoms with Gasteiger partial charge in [-0.2, -0.15) is 0 Å². The van der Waals surface area contributed by atoms with Gasteiger partial charge in [0.25, 0.3) is 0 Å². The number of nitrogens with one attached hydrogen (secondary N) is 1. The summed E-state index contributed by atoms with van der Waals surface area (Å²) in [5, 5.41) is 2.69. The van der Waals surface area contributed by atoms with Crippen molar-refractivity contribution in [3.63, 3.8) is 0 Å². The molecule has 0 saturated carbocycles. The molecular formula is C27H24N2O5. The number of anilines is 1. The van der Waals surface area contributed by atoms with E-state index in [4.69, 9.17) is 14.2 Å². The van der Waals surface area contributed by atoms with Crippen LogP contribution in [0.5, 0.6) is 11.5 Å². The van der Waals surface area contributed by atoms with Crippen molar-refractivity contribution in [3.8, 4) is 11.5 Å². The van der Waals surface area contributed by atoms with Crippen molar-refractivity contribution in [1.29, 1.82) is 0 Å². The number of hydrogen-bond acceptors (Lipinski definition) is 6. The topological polar surface area (TPSA) is 86.2 Å². The highest BCUT2D eigenvalue weighted by molar-refractivity contribution is 6.13.